The molecule has 0 radical (unpaired) electrons. The van der Waals surface area contributed by atoms with Crippen molar-refractivity contribution in [1.29, 1.82) is 0 Å². The highest BCUT2D eigenvalue weighted by molar-refractivity contribution is 4.94. The summed E-state index contributed by atoms with van der Waals surface area (Å²) >= 11 is 0. The Hall–Kier alpha value is -0.0800. The van der Waals surface area contributed by atoms with Crippen molar-refractivity contribution >= 4 is 0 Å². The van der Waals surface area contributed by atoms with Gasteiger partial charge in [0.15, 0.2) is 0 Å². The van der Waals surface area contributed by atoms with E-state index in [1.54, 1.807) is 0 Å². The van der Waals surface area contributed by atoms with Crippen LogP contribution in [0.1, 0.15) is 52.4 Å². The molecule has 1 aliphatic carbocycles. The first kappa shape index (κ1) is 11.0. The van der Waals surface area contributed by atoms with Crippen molar-refractivity contribution in [2.45, 2.75) is 70.5 Å². The fourth-order valence-corrected chi connectivity index (χ4v) is 4.01. The quantitative estimate of drug-likeness (QED) is 0.733. The summed E-state index contributed by atoms with van der Waals surface area (Å²) in [6.07, 6.45) is 8.50. The van der Waals surface area contributed by atoms with Gasteiger partial charge in [-0.3, -0.25) is 4.90 Å². The molecule has 0 aromatic heterocycles. The maximum absolute atomic E-state index is 3.79. The average molecular weight is 222 g/mol. The lowest BCUT2D eigenvalue weighted by Gasteiger charge is -2.31. The Labute approximate surface area is 99.8 Å². The van der Waals surface area contributed by atoms with E-state index in [1.807, 2.05) is 0 Å². The molecule has 1 saturated carbocycles. The summed E-state index contributed by atoms with van der Waals surface area (Å²) in [5.74, 6) is 0. The van der Waals surface area contributed by atoms with E-state index in [2.05, 4.69) is 24.1 Å². The lowest BCUT2D eigenvalue weighted by atomic mass is 9.91. The summed E-state index contributed by atoms with van der Waals surface area (Å²) in [5.41, 5.74) is 0.601. The van der Waals surface area contributed by atoms with E-state index in [0.717, 1.165) is 18.1 Å². The molecule has 3 atom stereocenters. The Morgan fingerprint density at radius 1 is 1.06 bits per heavy atom. The molecule has 1 N–H and O–H groups in total. The average Bonchev–Trinajstić information content (AvgIpc) is 2.70. The maximum atomic E-state index is 3.79. The van der Waals surface area contributed by atoms with Gasteiger partial charge >= 0.3 is 0 Å². The van der Waals surface area contributed by atoms with Gasteiger partial charge < -0.3 is 5.32 Å². The Kier molecular flexibility index (Phi) is 2.75. The lowest BCUT2D eigenvalue weighted by molar-refractivity contribution is 0.177. The second-order valence-electron chi connectivity index (χ2n) is 6.98. The van der Waals surface area contributed by atoms with E-state index in [9.17, 15) is 0 Å². The van der Waals surface area contributed by atoms with Gasteiger partial charge in [0, 0.05) is 24.7 Å². The summed E-state index contributed by atoms with van der Waals surface area (Å²) in [6.45, 7) is 7.54. The van der Waals surface area contributed by atoms with Crippen molar-refractivity contribution in [2.24, 2.45) is 5.41 Å². The van der Waals surface area contributed by atoms with Crippen LogP contribution in [0.4, 0.5) is 0 Å². The van der Waals surface area contributed by atoms with Crippen molar-refractivity contribution in [2.75, 3.05) is 13.1 Å². The molecule has 3 aliphatic rings. The normalized spacial score (nSPS) is 43.5. The Morgan fingerprint density at radius 3 is 2.62 bits per heavy atom. The third-order valence-electron chi connectivity index (χ3n) is 5.01. The van der Waals surface area contributed by atoms with Gasteiger partial charge in [-0.15, -0.1) is 0 Å². The van der Waals surface area contributed by atoms with E-state index in [4.69, 9.17) is 0 Å². The van der Waals surface area contributed by atoms with Crippen LogP contribution in [-0.4, -0.2) is 36.1 Å². The fourth-order valence-electron chi connectivity index (χ4n) is 4.01. The smallest absolute Gasteiger partial charge is 0.0198 e. The zero-order chi connectivity index (χ0) is 11.2. The van der Waals surface area contributed by atoms with Crippen LogP contribution < -0.4 is 5.32 Å². The molecule has 3 fully saturated rings. The van der Waals surface area contributed by atoms with Gasteiger partial charge in [0.2, 0.25) is 0 Å². The number of nitrogens with zero attached hydrogens (tertiary/aromatic N) is 1. The van der Waals surface area contributed by atoms with Crippen molar-refractivity contribution < 1.29 is 0 Å². The van der Waals surface area contributed by atoms with Crippen LogP contribution in [-0.2, 0) is 0 Å². The second kappa shape index (κ2) is 3.99. The van der Waals surface area contributed by atoms with Gasteiger partial charge in [-0.1, -0.05) is 13.8 Å². The van der Waals surface area contributed by atoms with E-state index in [0.29, 0.717) is 5.41 Å². The minimum absolute atomic E-state index is 0.601. The Balaban J connectivity index is 1.63. The Morgan fingerprint density at radius 2 is 1.88 bits per heavy atom. The van der Waals surface area contributed by atoms with Crippen LogP contribution in [0.5, 0.6) is 0 Å². The first-order valence-electron chi connectivity index (χ1n) is 7.12. The minimum Gasteiger partial charge on any atom is -0.310 e. The summed E-state index contributed by atoms with van der Waals surface area (Å²) in [4.78, 5) is 2.80. The van der Waals surface area contributed by atoms with E-state index in [1.165, 1.54) is 51.6 Å². The van der Waals surface area contributed by atoms with Crippen molar-refractivity contribution in [3.8, 4) is 0 Å². The zero-order valence-corrected chi connectivity index (χ0v) is 10.8. The predicted octanol–water partition coefficient (Wildman–Crippen LogP) is 2.39. The van der Waals surface area contributed by atoms with Gasteiger partial charge in [0.1, 0.15) is 0 Å². The summed E-state index contributed by atoms with van der Waals surface area (Å²) in [6, 6.07) is 2.52. The van der Waals surface area contributed by atoms with E-state index in [-0.39, 0.29) is 0 Å². The molecule has 3 unspecified atom stereocenters. The molecule has 2 heterocycles. The third kappa shape index (κ3) is 2.14. The summed E-state index contributed by atoms with van der Waals surface area (Å²) in [7, 11) is 0. The van der Waals surface area contributed by atoms with Crippen LogP contribution >= 0.6 is 0 Å². The predicted molar refractivity (Wildman–Crippen MR) is 67.6 cm³/mol. The number of fused-ring (bicyclic) bond motifs is 2. The monoisotopic (exact) mass is 222 g/mol. The highest BCUT2D eigenvalue weighted by Gasteiger charge is 2.37. The van der Waals surface area contributed by atoms with E-state index >= 15 is 0 Å². The number of nitrogens with one attached hydrogen (secondary N) is 1. The first-order valence-corrected chi connectivity index (χ1v) is 7.12. The number of hydrogen-bond donors (Lipinski definition) is 1. The molecule has 0 amide bonds. The minimum atomic E-state index is 0.601. The van der Waals surface area contributed by atoms with E-state index < -0.39 is 0 Å². The molecular formula is C14H26N2. The molecule has 2 aliphatic heterocycles. The number of likely N-dealkylation sites (tertiary alicyclic amines) is 1. The number of rotatable bonds is 1. The molecule has 3 rings (SSSR count). The maximum Gasteiger partial charge on any atom is 0.0198 e. The largest absolute Gasteiger partial charge is 0.310 e. The molecule has 16 heavy (non-hydrogen) atoms. The zero-order valence-electron chi connectivity index (χ0n) is 10.8. The third-order valence-corrected chi connectivity index (χ3v) is 5.01. The molecule has 0 spiro atoms. The van der Waals surface area contributed by atoms with Crippen LogP contribution in [0, 0.1) is 5.41 Å². The van der Waals surface area contributed by atoms with Crippen LogP contribution in [0.15, 0.2) is 0 Å². The van der Waals surface area contributed by atoms with Gasteiger partial charge in [0.25, 0.3) is 0 Å². The standard InChI is InChI=1S/C14H26N2/c1-14(2)7-5-13(9-14)16-8-6-11-3-4-12(10-16)15-11/h11-13,15H,3-10H2,1-2H3. The van der Waals surface area contributed by atoms with Crippen molar-refractivity contribution in [3.63, 3.8) is 0 Å². The van der Waals surface area contributed by atoms with Crippen molar-refractivity contribution in [1.82, 2.24) is 10.2 Å². The molecule has 2 heteroatoms. The Bertz CT molecular complexity index is 261. The summed E-state index contributed by atoms with van der Waals surface area (Å²) < 4.78 is 0. The topological polar surface area (TPSA) is 15.3 Å². The van der Waals surface area contributed by atoms with Gasteiger partial charge in [-0.05, 0) is 50.5 Å². The summed E-state index contributed by atoms with van der Waals surface area (Å²) in [5, 5.41) is 3.79. The second-order valence-corrected chi connectivity index (χ2v) is 6.98. The molecule has 2 nitrogen and oxygen atoms in total. The molecular weight excluding hydrogens is 196 g/mol. The van der Waals surface area contributed by atoms with Crippen LogP contribution in [0.3, 0.4) is 0 Å². The molecule has 92 valence electrons. The van der Waals surface area contributed by atoms with Gasteiger partial charge in [-0.25, -0.2) is 0 Å². The molecule has 2 bridgehead atoms. The lowest BCUT2D eigenvalue weighted by Crippen LogP contribution is -2.40. The van der Waals surface area contributed by atoms with Crippen molar-refractivity contribution in [3.05, 3.63) is 0 Å². The molecule has 2 saturated heterocycles. The van der Waals surface area contributed by atoms with Gasteiger partial charge in [-0.2, -0.15) is 0 Å². The molecule has 0 aromatic rings. The van der Waals surface area contributed by atoms with Crippen LogP contribution in [0.2, 0.25) is 0 Å². The SMILES string of the molecule is CC1(C)CCC(N2CCC3CCC(C2)N3)C1. The highest BCUT2D eigenvalue weighted by Crippen LogP contribution is 2.40. The van der Waals surface area contributed by atoms with Crippen LogP contribution in [0.25, 0.3) is 0 Å². The first-order chi connectivity index (χ1) is 7.62. The molecule has 0 aromatic carbocycles. The highest BCUT2D eigenvalue weighted by atomic mass is 15.2. The number of hydrogen-bond acceptors (Lipinski definition) is 2. The fraction of sp³-hybridized carbons (Fsp3) is 1.00. The van der Waals surface area contributed by atoms with Gasteiger partial charge in [0.05, 0.1) is 0 Å².